The Bertz CT molecular complexity index is 1050. The molecular weight excluding hydrogens is 392 g/mol. The molecule has 1 amide bonds. The summed E-state index contributed by atoms with van der Waals surface area (Å²) in [7, 11) is 0. The largest absolute Gasteiger partial charge is 0.494 e. The van der Waals surface area contributed by atoms with Gasteiger partial charge in [0.15, 0.2) is 4.80 Å². The van der Waals surface area contributed by atoms with Crippen molar-refractivity contribution in [3.8, 4) is 5.75 Å². The Balaban J connectivity index is 1.90. The average Bonchev–Trinajstić information content (AvgIpc) is 3.02. The average molecular weight is 415 g/mol. The lowest BCUT2D eigenvalue weighted by Crippen LogP contribution is -2.16. The van der Waals surface area contributed by atoms with Crippen molar-refractivity contribution in [3.63, 3.8) is 0 Å². The summed E-state index contributed by atoms with van der Waals surface area (Å²) in [6, 6.07) is 12.8. The first-order valence-electron chi connectivity index (χ1n) is 9.34. The number of unbranched alkanes of at least 4 members (excludes halogenated alkanes) is 2. The summed E-state index contributed by atoms with van der Waals surface area (Å²) in [5.41, 5.74) is 1.49. The predicted octanol–water partition coefficient (Wildman–Crippen LogP) is 5.85. The molecule has 0 fully saturated rings. The number of thiazole rings is 1. The third kappa shape index (κ3) is 4.91. The molecule has 0 atom stereocenters. The summed E-state index contributed by atoms with van der Waals surface area (Å²) in [5.74, 6) is 0.397. The smallest absolute Gasteiger partial charge is 0.279 e. The molecule has 3 rings (SSSR count). The lowest BCUT2D eigenvalue weighted by molar-refractivity contribution is 0.0997. The van der Waals surface area contributed by atoms with Crippen LogP contribution in [-0.4, -0.2) is 17.1 Å². The Labute approximate surface area is 173 Å². The number of benzene rings is 2. The molecule has 0 saturated heterocycles. The van der Waals surface area contributed by atoms with Gasteiger partial charge in [0, 0.05) is 17.1 Å². The number of hydrogen-bond acceptors (Lipinski definition) is 3. The van der Waals surface area contributed by atoms with Crippen LogP contribution in [0.1, 0.15) is 36.5 Å². The van der Waals surface area contributed by atoms with Gasteiger partial charge in [-0.1, -0.05) is 54.8 Å². The SMILES string of the molecule is C=CCn1c(=NC(=O)c2cccc(OCCCCC)c2)sc2cc(Cl)ccc21. The second kappa shape index (κ2) is 9.71. The molecule has 0 spiro atoms. The lowest BCUT2D eigenvalue weighted by atomic mass is 10.2. The highest BCUT2D eigenvalue weighted by molar-refractivity contribution is 7.16. The number of ether oxygens (including phenoxy) is 1. The number of nitrogens with zero attached hydrogens (tertiary/aromatic N) is 2. The quantitative estimate of drug-likeness (QED) is 0.342. The highest BCUT2D eigenvalue weighted by Gasteiger charge is 2.10. The van der Waals surface area contributed by atoms with Crippen LogP contribution >= 0.6 is 22.9 Å². The van der Waals surface area contributed by atoms with E-state index in [1.165, 1.54) is 11.3 Å². The van der Waals surface area contributed by atoms with E-state index in [2.05, 4.69) is 18.5 Å². The topological polar surface area (TPSA) is 43.6 Å². The second-order valence-corrected chi connectivity index (χ2v) is 7.84. The van der Waals surface area contributed by atoms with Crippen LogP contribution in [0.5, 0.6) is 5.75 Å². The van der Waals surface area contributed by atoms with Crippen LogP contribution in [0.15, 0.2) is 60.1 Å². The van der Waals surface area contributed by atoms with Gasteiger partial charge in [0.25, 0.3) is 5.91 Å². The van der Waals surface area contributed by atoms with Crippen LogP contribution in [0.2, 0.25) is 5.02 Å². The maximum atomic E-state index is 12.8. The third-order valence-corrected chi connectivity index (χ3v) is 5.53. The molecule has 4 nitrogen and oxygen atoms in total. The number of carbonyl (C=O) groups is 1. The van der Waals surface area contributed by atoms with Gasteiger partial charge >= 0.3 is 0 Å². The van der Waals surface area contributed by atoms with Gasteiger partial charge in [0.05, 0.1) is 16.8 Å². The number of halogens is 1. The van der Waals surface area contributed by atoms with E-state index in [0.29, 0.717) is 34.3 Å². The van der Waals surface area contributed by atoms with Crippen molar-refractivity contribution >= 4 is 39.1 Å². The molecule has 3 aromatic rings. The fraction of sp³-hybridized carbons (Fsp3) is 0.273. The van der Waals surface area contributed by atoms with E-state index >= 15 is 0 Å². The fourth-order valence-electron chi connectivity index (χ4n) is 2.85. The molecule has 146 valence electrons. The van der Waals surface area contributed by atoms with Gasteiger partial charge < -0.3 is 9.30 Å². The maximum absolute atomic E-state index is 12.8. The fourth-order valence-corrected chi connectivity index (χ4v) is 4.16. The number of allylic oxidation sites excluding steroid dienone is 1. The number of fused-ring (bicyclic) bond motifs is 1. The number of rotatable bonds is 8. The van der Waals surface area contributed by atoms with E-state index in [9.17, 15) is 4.79 Å². The number of aromatic nitrogens is 1. The molecule has 0 radical (unpaired) electrons. The second-order valence-electron chi connectivity index (χ2n) is 6.40. The summed E-state index contributed by atoms with van der Waals surface area (Å²) in [6.45, 7) is 7.18. The third-order valence-electron chi connectivity index (χ3n) is 4.25. The molecule has 0 N–H and O–H groups in total. The molecule has 0 aliphatic heterocycles. The van der Waals surface area contributed by atoms with Crippen LogP contribution in [0.3, 0.4) is 0 Å². The first-order valence-corrected chi connectivity index (χ1v) is 10.5. The Morgan fingerprint density at radius 3 is 2.93 bits per heavy atom. The van der Waals surface area contributed by atoms with Crippen molar-refractivity contribution in [2.75, 3.05) is 6.61 Å². The number of carbonyl (C=O) groups excluding carboxylic acids is 1. The highest BCUT2D eigenvalue weighted by atomic mass is 35.5. The van der Waals surface area contributed by atoms with Crippen LogP contribution in [-0.2, 0) is 6.54 Å². The molecule has 0 bridgehead atoms. The van der Waals surface area contributed by atoms with E-state index < -0.39 is 0 Å². The van der Waals surface area contributed by atoms with Gasteiger partial charge in [0.1, 0.15) is 5.75 Å². The van der Waals surface area contributed by atoms with Gasteiger partial charge in [-0.2, -0.15) is 4.99 Å². The van der Waals surface area contributed by atoms with Gasteiger partial charge in [-0.05, 0) is 42.8 Å². The molecule has 0 unspecified atom stereocenters. The zero-order valence-electron chi connectivity index (χ0n) is 15.9. The van der Waals surface area contributed by atoms with E-state index in [1.807, 2.05) is 34.9 Å². The van der Waals surface area contributed by atoms with E-state index in [-0.39, 0.29) is 5.91 Å². The van der Waals surface area contributed by atoms with Crippen molar-refractivity contribution in [1.82, 2.24) is 4.57 Å². The van der Waals surface area contributed by atoms with Crippen molar-refractivity contribution in [1.29, 1.82) is 0 Å². The minimum absolute atomic E-state index is 0.297. The summed E-state index contributed by atoms with van der Waals surface area (Å²) < 4.78 is 8.69. The van der Waals surface area contributed by atoms with Gasteiger partial charge in [-0.3, -0.25) is 4.79 Å². The molecule has 1 heterocycles. The molecule has 1 aromatic heterocycles. The predicted molar refractivity (Wildman–Crippen MR) is 116 cm³/mol. The van der Waals surface area contributed by atoms with Crippen molar-refractivity contribution in [2.24, 2.45) is 4.99 Å². The van der Waals surface area contributed by atoms with Crippen LogP contribution < -0.4 is 9.54 Å². The monoisotopic (exact) mass is 414 g/mol. The summed E-state index contributed by atoms with van der Waals surface area (Å²) in [4.78, 5) is 17.7. The van der Waals surface area contributed by atoms with Crippen molar-refractivity contribution < 1.29 is 9.53 Å². The lowest BCUT2D eigenvalue weighted by Gasteiger charge is -2.06. The van der Waals surface area contributed by atoms with Gasteiger partial charge in [0.2, 0.25) is 0 Å². The zero-order valence-corrected chi connectivity index (χ0v) is 17.4. The molecule has 28 heavy (non-hydrogen) atoms. The Hall–Kier alpha value is -2.37. The molecule has 2 aromatic carbocycles. The number of hydrogen-bond donors (Lipinski definition) is 0. The summed E-state index contributed by atoms with van der Waals surface area (Å²) in [6.07, 6.45) is 5.07. The first kappa shape index (κ1) is 20.4. The highest BCUT2D eigenvalue weighted by Crippen LogP contribution is 2.22. The van der Waals surface area contributed by atoms with Crippen LogP contribution in [0, 0.1) is 0 Å². The molecular formula is C22H23ClN2O2S. The number of amides is 1. The molecule has 0 aliphatic rings. The molecule has 0 saturated carbocycles. The van der Waals surface area contributed by atoms with Crippen LogP contribution in [0.4, 0.5) is 0 Å². The maximum Gasteiger partial charge on any atom is 0.279 e. The van der Waals surface area contributed by atoms with Gasteiger partial charge in [-0.25, -0.2) is 0 Å². The summed E-state index contributed by atoms with van der Waals surface area (Å²) >= 11 is 7.54. The van der Waals surface area contributed by atoms with E-state index in [4.69, 9.17) is 16.3 Å². The Kier molecular flexibility index (Phi) is 7.06. The molecule has 6 heteroatoms. The first-order chi connectivity index (χ1) is 13.6. The van der Waals surface area contributed by atoms with Crippen molar-refractivity contribution in [3.05, 3.63) is 70.5 Å². The van der Waals surface area contributed by atoms with Crippen molar-refractivity contribution in [2.45, 2.75) is 32.7 Å². The Morgan fingerprint density at radius 2 is 2.14 bits per heavy atom. The van der Waals surface area contributed by atoms with Crippen LogP contribution in [0.25, 0.3) is 10.2 Å². The summed E-state index contributed by atoms with van der Waals surface area (Å²) in [5, 5.41) is 0.658. The zero-order chi connectivity index (χ0) is 19.9. The van der Waals surface area contributed by atoms with E-state index in [1.54, 1.807) is 18.2 Å². The standard InChI is InChI=1S/C22H23ClN2O2S/c1-3-5-6-13-27-18-9-7-8-16(14-18)21(26)24-22-25(12-4-2)19-11-10-17(23)15-20(19)28-22/h4,7-11,14-15H,2-3,5-6,12-13H2,1H3. The minimum Gasteiger partial charge on any atom is -0.494 e. The normalized spacial score (nSPS) is 11.7. The Morgan fingerprint density at radius 1 is 1.29 bits per heavy atom. The van der Waals surface area contributed by atoms with Gasteiger partial charge in [-0.15, -0.1) is 6.58 Å². The van der Waals surface area contributed by atoms with E-state index in [0.717, 1.165) is 29.5 Å². The minimum atomic E-state index is -0.297. The molecule has 0 aliphatic carbocycles.